The number of halogens is 5. The zero-order valence-electron chi connectivity index (χ0n) is 15.7. The van der Waals surface area contributed by atoms with E-state index in [1.165, 1.54) is 0 Å². The lowest BCUT2D eigenvalue weighted by atomic mass is 10.1. The molecule has 1 amide bonds. The molecule has 0 bridgehead atoms. The summed E-state index contributed by atoms with van der Waals surface area (Å²) in [6.45, 7) is 0.249. The summed E-state index contributed by atoms with van der Waals surface area (Å²) in [5, 5.41) is 10.4. The normalized spacial score (nSPS) is 14.7. The van der Waals surface area contributed by atoms with E-state index < -0.39 is 47.3 Å². The Labute approximate surface area is 185 Å². The first-order valence-corrected chi connectivity index (χ1v) is 12.2. The number of amides is 1. The van der Waals surface area contributed by atoms with Gasteiger partial charge in [0.05, 0.1) is 30.4 Å². The molecule has 0 radical (unpaired) electrons. The van der Waals surface area contributed by atoms with Crippen LogP contribution < -0.4 is 5.32 Å². The number of sulfone groups is 2. The zero-order valence-corrected chi connectivity index (χ0v) is 18.8. The molecule has 2 aromatic rings. The summed E-state index contributed by atoms with van der Waals surface area (Å²) in [5.41, 5.74) is -4.08. The highest BCUT2D eigenvalue weighted by molar-refractivity contribution is 7.91. The third-order valence-electron chi connectivity index (χ3n) is 4.11. The van der Waals surface area contributed by atoms with E-state index in [1.807, 2.05) is 0 Å². The first kappa shape index (κ1) is 25.4. The number of aliphatic hydroxyl groups is 1. The Morgan fingerprint density at radius 1 is 0.968 bits per heavy atom. The van der Waals surface area contributed by atoms with Gasteiger partial charge in [0.25, 0.3) is 5.91 Å². The molecule has 1 atom stereocenters. The minimum atomic E-state index is -5.26. The van der Waals surface area contributed by atoms with Gasteiger partial charge in [-0.1, -0.05) is 23.2 Å². The SMILES string of the molecule is C[C@@](O)(C(=O)Nc1ccc(S(=O)(=O)c2ccc(S(C)(=O)=O)c(Cl)c2)cc1Cl)C(F)(F)F. The Bertz CT molecular complexity index is 1260. The third-order valence-corrected chi connectivity index (χ3v) is 7.75. The number of rotatable bonds is 5. The molecule has 0 saturated heterocycles. The Kier molecular flexibility index (Phi) is 6.76. The lowest BCUT2D eigenvalue weighted by Gasteiger charge is -2.25. The Morgan fingerprint density at radius 3 is 1.87 bits per heavy atom. The van der Waals surface area contributed by atoms with Gasteiger partial charge in [-0.2, -0.15) is 13.2 Å². The molecule has 31 heavy (non-hydrogen) atoms. The molecule has 0 aliphatic carbocycles. The topological polar surface area (TPSA) is 118 Å². The van der Waals surface area contributed by atoms with Crippen molar-refractivity contribution in [3.05, 3.63) is 46.4 Å². The van der Waals surface area contributed by atoms with Crippen molar-refractivity contribution < 1.29 is 39.9 Å². The van der Waals surface area contributed by atoms with E-state index in [2.05, 4.69) is 0 Å². The van der Waals surface area contributed by atoms with Crippen LogP contribution in [0.25, 0.3) is 0 Å². The molecule has 170 valence electrons. The van der Waals surface area contributed by atoms with Gasteiger partial charge < -0.3 is 10.4 Å². The number of carbonyl (C=O) groups excluding carboxylic acids is 1. The highest BCUT2D eigenvalue weighted by atomic mass is 35.5. The molecule has 2 rings (SSSR count). The van der Waals surface area contributed by atoms with Gasteiger partial charge in [-0.3, -0.25) is 4.79 Å². The molecule has 14 heteroatoms. The van der Waals surface area contributed by atoms with E-state index >= 15 is 0 Å². The summed E-state index contributed by atoms with van der Waals surface area (Å²) >= 11 is 11.8. The summed E-state index contributed by atoms with van der Waals surface area (Å²) in [5.74, 6) is -1.82. The summed E-state index contributed by atoms with van der Waals surface area (Å²) in [6.07, 6.45) is -4.37. The average molecular weight is 520 g/mol. The van der Waals surface area contributed by atoms with E-state index in [0.29, 0.717) is 0 Å². The van der Waals surface area contributed by atoms with E-state index in [9.17, 15) is 39.9 Å². The maximum atomic E-state index is 12.8. The highest BCUT2D eigenvalue weighted by Gasteiger charge is 2.55. The average Bonchev–Trinajstić information content (AvgIpc) is 2.60. The highest BCUT2D eigenvalue weighted by Crippen LogP contribution is 2.34. The Morgan fingerprint density at radius 2 is 1.45 bits per heavy atom. The zero-order chi connectivity index (χ0) is 24.0. The van der Waals surface area contributed by atoms with Crippen LogP contribution in [0.1, 0.15) is 6.92 Å². The first-order valence-electron chi connectivity index (χ1n) is 8.04. The Balaban J connectivity index is 2.41. The van der Waals surface area contributed by atoms with Crippen LogP contribution in [-0.4, -0.2) is 45.9 Å². The predicted molar refractivity (Wildman–Crippen MR) is 107 cm³/mol. The van der Waals surface area contributed by atoms with Gasteiger partial charge in [0, 0.05) is 6.26 Å². The molecule has 0 aliphatic rings. The van der Waals surface area contributed by atoms with Crippen molar-refractivity contribution in [2.24, 2.45) is 0 Å². The molecule has 0 fully saturated rings. The van der Waals surface area contributed by atoms with Crippen LogP contribution in [0.3, 0.4) is 0 Å². The van der Waals surface area contributed by atoms with Crippen LogP contribution in [0.15, 0.2) is 51.1 Å². The number of carbonyl (C=O) groups is 1. The molecule has 0 aromatic heterocycles. The Hall–Kier alpha value is -1.86. The van der Waals surface area contributed by atoms with Gasteiger partial charge in [0.1, 0.15) is 0 Å². The molecule has 7 nitrogen and oxygen atoms in total. The van der Waals surface area contributed by atoms with Crippen LogP contribution in [0.2, 0.25) is 10.0 Å². The quantitative estimate of drug-likeness (QED) is 0.624. The number of hydrogen-bond acceptors (Lipinski definition) is 6. The molecule has 0 unspecified atom stereocenters. The number of alkyl halides is 3. The van der Waals surface area contributed by atoms with Crippen molar-refractivity contribution in [1.82, 2.24) is 0 Å². The van der Waals surface area contributed by atoms with Crippen molar-refractivity contribution in [3.63, 3.8) is 0 Å². The molecule has 0 spiro atoms. The third kappa shape index (κ3) is 5.14. The summed E-state index contributed by atoms with van der Waals surface area (Å²) in [7, 11) is -7.94. The van der Waals surface area contributed by atoms with Gasteiger partial charge in [-0.15, -0.1) is 0 Å². The maximum Gasteiger partial charge on any atom is 0.426 e. The molecule has 0 aliphatic heterocycles. The first-order chi connectivity index (χ1) is 13.9. The number of anilines is 1. The van der Waals surface area contributed by atoms with Crippen molar-refractivity contribution >= 4 is 54.5 Å². The largest absolute Gasteiger partial charge is 0.426 e. The predicted octanol–water partition coefficient (Wildman–Crippen LogP) is 3.48. The standard InChI is InChI=1S/C17H14Cl2F3NO6S2/c1-16(25,17(20,21)22)15(24)23-13-5-3-9(7-11(13)18)31(28,29)10-4-6-14(12(19)8-10)30(2,26)27/h3-8,25H,1-2H3,(H,23,24)/t16-/m1/s1. The second kappa shape index (κ2) is 8.24. The molecular weight excluding hydrogens is 506 g/mol. The van der Waals surface area contributed by atoms with Gasteiger partial charge in [-0.05, 0) is 43.3 Å². The minimum absolute atomic E-state index is 0.249. The van der Waals surface area contributed by atoms with Crippen LogP contribution in [0, 0.1) is 0 Å². The summed E-state index contributed by atoms with van der Waals surface area (Å²) in [6, 6.07) is 5.72. The fourth-order valence-corrected chi connectivity index (χ4v) is 5.22. The summed E-state index contributed by atoms with van der Waals surface area (Å²) < 4.78 is 87.1. The lowest BCUT2D eigenvalue weighted by molar-refractivity contribution is -0.242. The number of benzene rings is 2. The second-order valence-corrected chi connectivity index (χ2v) is 11.3. The summed E-state index contributed by atoms with van der Waals surface area (Å²) in [4.78, 5) is 10.7. The fourth-order valence-electron chi connectivity index (χ4n) is 2.22. The van der Waals surface area contributed by atoms with Crippen molar-refractivity contribution in [2.45, 2.75) is 33.4 Å². The van der Waals surface area contributed by atoms with E-state index in [1.54, 1.807) is 5.32 Å². The smallest absolute Gasteiger partial charge is 0.373 e. The fraction of sp³-hybridized carbons (Fsp3) is 0.235. The van der Waals surface area contributed by atoms with Gasteiger partial charge >= 0.3 is 6.18 Å². The number of hydrogen-bond donors (Lipinski definition) is 2. The van der Waals surface area contributed by atoms with E-state index in [4.69, 9.17) is 23.2 Å². The van der Waals surface area contributed by atoms with Gasteiger partial charge in [0.15, 0.2) is 9.84 Å². The molecular formula is C17H14Cl2F3NO6S2. The van der Waals surface area contributed by atoms with Crippen molar-refractivity contribution in [3.8, 4) is 0 Å². The van der Waals surface area contributed by atoms with Crippen molar-refractivity contribution in [2.75, 3.05) is 11.6 Å². The number of nitrogens with one attached hydrogen (secondary N) is 1. The van der Waals surface area contributed by atoms with Crippen LogP contribution in [0.5, 0.6) is 0 Å². The van der Waals surface area contributed by atoms with Gasteiger partial charge in [-0.25, -0.2) is 16.8 Å². The second-order valence-electron chi connectivity index (χ2n) is 6.53. The van der Waals surface area contributed by atoms with Crippen LogP contribution in [0.4, 0.5) is 18.9 Å². The molecule has 0 heterocycles. The van der Waals surface area contributed by atoms with Crippen molar-refractivity contribution in [1.29, 1.82) is 0 Å². The van der Waals surface area contributed by atoms with Crippen LogP contribution in [-0.2, 0) is 24.5 Å². The monoisotopic (exact) mass is 519 g/mol. The lowest BCUT2D eigenvalue weighted by Crippen LogP contribution is -2.52. The minimum Gasteiger partial charge on any atom is -0.373 e. The molecule has 2 N–H and O–H groups in total. The maximum absolute atomic E-state index is 12.8. The molecule has 2 aromatic carbocycles. The van der Waals surface area contributed by atoms with Gasteiger partial charge in [0.2, 0.25) is 15.4 Å². The van der Waals surface area contributed by atoms with E-state index in [-0.39, 0.29) is 27.4 Å². The molecule has 0 saturated carbocycles. The van der Waals surface area contributed by atoms with E-state index in [0.717, 1.165) is 42.7 Å². The van der Waals surface area contributed by atoms with Crippen LogP contribution >= 0.6 is 23.2 Å².